The highest BCUT2D eigenvalue weighted by atomic mass is 16.3. The first-order valence-electron chi connectivity index (χ1n) is 9.62. The highest BCUT2D eigenvalue weighted by Gasteiger charge is 2.21. The zero-order valence-corrected chi connectivity index (χ0v) is 15.7. The molecule has 1 aliphatic heterocycles. The van der Waals surface area contributed by atoms with Gasteiger partial charge in [-0.1, -0.05) is 18.2 Å². The molecule has 0 radical (unpaired) electrons. The van der Waals surface area contributed by atoms with Crippen LogP contribution in [0.1, 0.15) is 29.0 Å². The van der Waals surface area contributed by atoms with Crippen LogP contribution in [0.15, 0.2) is 47.1 Å². The minimum absolute atomic E-state index is 0.343. The zero-order valence-electron chi connectivity index (χ0n) is 15.7. The molecule has 0 saturated carbocycles. The molecule has 0 bridgehead atoms. The van der Waals surface area contributed by atoms with Crippen molar-refractivity contribution in [1.82, 2.24) is 15.3 Å². The molecule has 2 N–H and O–H groups in total. The average Bonchev–Trinajstić information content (AvgIpc) is 3.16. The van der Waals surface area contributed by atoms with Gasteiger partial charge < -0.3 is 19.7 Å². The molecule has 7 heteroatoms. The number of aromatic nitrogens is 2. The van der Waals surface area contributed by atoms with Crippen molar-refractivity contribution >= 4 is 22.7 Å². The molecule has 0 atom stereocenters. The minimum atomic E-state index is -0.519. The average molecular weight is 380 g/mol. The Morgan fingerprint density at radius 1 is 1.21 bits per heavy atom. The Balaban J connectivity index is 1.23. The molecule has 1 fully saturated rings. The molecule has 4 rings (SSSR count). The summed E-state index contributed by atoms with van der Waals surface area (Å²) in [5, 5.41) is 13.5. The second-order valence-corrected chi connectivity index (χ2v) is 7.16. The van der Waals surface area contributed by atoms with Crippen LogP contribution in [0.3, 0.4) is 0 Å². The van der Waals surface area contributed by atoms with Gasteiger partial charge in [0.15, 0.2) is 5.78 Å². The van der Waals surface area contributed by atoms with E-state index in [0.717, 1.165) is 55.8 Å². The van der Waals surface area contributed by atoms with Gasteiger partial charge in [0.05, 0.1) is 12.1 Å². The zero-order chi connectivity index (χ0) is 19.3. The van der Waals surface area contributed by atoms with Crippen molar-refractivity contribution in [2.75, 3.05) is 31.1 Å². The summed E-state index contributed by atoms with van der Waals surface area (Å²) in [7, 11) is 0. The number of nitrogens with zero attached hydrogens (tertiary/aromatic N) is 3. The van der Waals surface area contributed by atoms with Crippen molar-refractivity contribution in [2.45, 2.75) is 19.4 Å². The third kappa shape index (κ3) is 4.21. The number of ketones is 1. The predicted octanol–water partition coefficient (Wildman–Crippen LogP) is 2.40. The number of nitrogens with one attached hydrogen (secondary N) is 1. The van der Waals surface area contributed by atoms with Crippen LogP contribution in [0.5, 0.6) is 0 Å². The van der Waals surface area contributed by atoms with Crippen molar-refractivity contribution in [3.05, 3.63) is 54.0 Å². The fourth-order valence-electron chi connectivity index (χ4n) is 3.58. The topological polar surface area (TPSA) is 91.5 Å². The van der Waals surface area contributed by atoms with Crippen LogP contribution in [0, 0.1) is 5.92 Å². The number of furan rings is 1. The van der Waals surface area contributed by atoms with Gasteiger partial charge >= 0.3 is 0 Å². The third-order valence-corrected chi connectivity index (χ3v) is 5.21. The van der Waals surface area contributed by atoms with E-state index in [-0.39, 0.29) is 5.78 Å². The first kappa shape index (κ1) is 18.6. The van der Waals surface area contributed by atoms with Crippen LogP contribution in [0.2, 0.25) is 0 Å². The standard InChI is InChI=1S/C21H24N4O3/c26-14-19(27)17-11-23-21(24-12-17)25-7-5-15(6-8-25)10-22-13-18-9-16-3-1-2-4-20(16)28-18/h1-4,9,11-12,15,22,26H,5-8,10,13-14H2. The number of para-hydroxylation sites is 1. The van der Waals surface area contributed by atoms with Gasteiger partial charge in [0.2, 0.25) is 5.95 Å². The molecule has 28 heavy (non-hydrogen) atoms. The van der Waals surface area contributed by atoms with E-state index >= 15 is 0 Å². The first-order valence-corrected chi connectivity index (χ1v) is 9.62. The smallest absolute Gasteiger partial charge is 0.225 e. The summed E-state index contributed by atoms with van der Waals surface area (Å²) >= 11 is 0. The van der Waals surface area contributed by atoms with E-state index in [0.29, 0.717) is 17.4 Å². The Morgan fingerprint density at radius 2 is 1.96 bits per heavy atom. The second kappa shape index (κ2) is 8.50. The molecule has 2 aromatic heterocycles. The number of aliphatic hydroxyl groups excluding tert-OH is 1. The molecule has 1 aromatic carbocycles. The van der Waals surface area contributed by atoms with Crippen LogP contribution in [-0.4, -0.2) is 47.1 Å². The van der Waals surface area contributed by atoms with E-state index in [1.54, 1.807) is 0 Å². The van der Waals surface area contributed by atoms with Gasteiger partial charge in [0.25, 0.3) is 0 Å². The predicted molar refractivity (Wildman–Crippen MR) is 106 cm³/mol. The number of aliphatic hydroxyl groups is 1. The molecule has 7 nitrogen and oxygen atoms in total. The summed E-state index contributed by atoms with van der Waals surface area (Å²) in [6.45, 7) is 2.96. The van der Waals surface area contributed by atoms with Gasteiger partial charge in [0, 0.05) is 30.9 Å². The number of rotatable bonds is 7. The third-order valence-electron chi connectivity index (χ3n) is 5.21. The van der Waals surface area contributed by atoms with Crippen LogP contribution < -0.4 is 10.2 Å². The number of carbonyl (C=O) groups is 1. The molecule has 146 valence electrons. The number of carbonyl (C=O) groups excluding carboxylic acids is 1. The quantitative estimate of drug-likeness (QED) is 0.608. The lowest BCUT2D eigenvalue weighted by atomic mass is 9.97. The van der Waals surface area contributed by atoms with Gasteiger partial charge in [0.1, 0.15) is 18.0 Å². The summed E-state index contributed by atoms with van der Waals surface area (Å²) in [4.78, 5) is 22.1. The molecule has 0 spiro atoms. The summed E-state index contributed by atoms with van der Waals surface area (Å²) in [5.41, 5.74) is 1.27. The van der Waals surface area contributed by atoms with Gasteiger partial charge in [-0.3, -0.25) is 4.79 Å². The second-order valence-electron chi connectivity index (χ2n) is 7.16. The van der Waals surface area contributed by atoms with Crippen LogP contribution in [0.25, 0.3) is 11.0 Å². The molecular weight excluding hydrogens is 356 g/mol. The molecule has 3 aromatic rings. The maximum absolute atomic E-state index is 11.4. The monoisotopic (exact) mass is 380 g/mol. The molecule has 1 aliphatic rings. The fourth-order valence-corrected chi connectivity index (χ4v) is 3.58. The van der Waals surface area contributed by atoms with Crippen molar-refractivity contribution in [3.63, 3.8) is 0 Å². The van der Waals surface area contributed by atoms with E-state index < -0.39 is 6.61 Å². The first-order chi connectivity index (χ1) is 13.7. The summed E-state index contributed by atoms with van der Waals surface area (Å²) in [6.07, 6.45) is 5.10. The van der Waals surface area contributed by atoms with Gasteiger partial charge in [-0.15, -0.1) is 0 Å². The van der Waals surface area contributed by atoms with Crippen LogP contribution in [0.4, 0.5) is 5.95 Å². The lowest BCUT2D eigenvalue weighted by Crippen LogP contribution is -2.38. The number of hydrogen-bond acceptors (Lipinski definition) is 7. The Bertz CT molecular complexity index is 897. The Labute approximate surface area is 163 Å². The van der Waals surface area contributed by atoms with Crippen molar-refractivity contribution in [3.8, 4) is 0 Å². The number of Topliss-reactive ketones (excluding diaryl/α,β-unsaturated/α-hetero) is 1. The number of fused-ring (bicyclic) bond motifs is 1. The van der Waals surface area contributed by atoms with Crippen molar-refractivity contribution in [2.24, 2.45) is 5.92 Å². The molecule has 0 amide bonds. The van der Waals surface area contributed by atoms with E-state index in [9.17, 15) is 4.79 Å². The van der Waals surface area contributed by atoms with Crippen molar-refractivity contribution in [1.29, 1.82) is 0 Å². The number of piperidine rings is 1. The van der Waals surface area contributed by atoms with Gasteiger partial charge in [-0.2, -0.15) is 0 Å². The van der Waals surface area contributed by atoms with Crippen molar-refractivity contribution < 1.29 is 14.3 Å². The number of hydrogen-bond donors (Lipinski definition) is 2. The van der Waals surface area contributed by atoms with E-state index in [1.807, 2.05) is 18.2 Å². The Hall–Kier alpha value is -2.77. The number of anilines is 1. The fraction of sp³-hybridized carbons (Fsp3) is 0.381. The number of benzene rings is 1. The SMILES string of the molecule is O=C(CO)c1cnc(N2CCC(CNCc3cc4ccccc4o3)CC2)nc1. The molecule has 0 aliphatic carbocycles. The normalized spacial score (nSPS) is 15.2. The van der Waals surface area contributed by atoms with Crippen LogP contribution >= 0.6 is 0 Å². The highest BCUT2D eigenvalue weighted by molar-refractivity contribution is 5.96. The maximum atomic E-state index is 11.4. The summed E-state index contributed by atoms with van der Waals surface area (Å²) in [6, 6.07) is 10.1. The highest BCUT2D eigenvalue weighted by Crippen LogP contribution is 2.21. The molecule has 3 heterocycles. The lowest BCUT2D eigenvalue weighted by molar-refractivity contribution is 0.0903. The van der Waals surface area contributed by atoms with Gasteiger partial charge in [-0.05, 0) is 37.4 Å². The van der Waals surface area contributed by atoms with Gasteiger partial charge in [-0.25, -0.2) is 9.97 Å². The molecular formula is C21H24N4O3. The molecule has 0 unspecified atom stereocenters. The maximum Gasteiger partial charge on any atom is 0.225 e. The minimum Gasteiger partial charge on any atom is -0.460 e. The Morgan fingerprint density at radius 3 is 2.68 bits per heavy atom. The van der Waals surface area contributed by atoms with E-state index in [1.165, 1.54) is 12.4 Å². The van der Waals surface area contributed by atoms with Crippen LogP contribution in [-0.2, 0) is 6.54 Å². The van der Waals surface area contributed by atoms with E-state index in [2.05, 4.69) is 32.3 Å². The summed E-state index contributed by atoms with van der Waals surface area (Å²) < 4.78 is 5.84. The summed E-state index contributed by atoms with van der Waals surface area (Å²) in [5.74, 6) is 1.85. The lowest BCUT2D eigenvalue weighted by Gasteiger charge is -2.32. The largest absolute Gasteiger partial charge is 0.460 e. The van der Waals surface area contributed by atoms with E-state index in [4.69, 9.17) is 9.52 Å². The Kier molecular flexibility index (Phi) is 5.64. The molecule has 1 saturated heterocycles.